The molecular weight excluding hydrogens is 667 g/mol. The molecule has 1 aliphatic heterocycles. The number of para-hydroxylation sites is 1. The number of nitrogens with one attached hydrogen (secondary N) is 2. The fraction of sp³-hybridized carbons (Fsp3) is 0.721. The first-order chi connectivity index (χ1) is 24.9. The fourth-order valence-corrected chi connectivity index (χ4v) is 8.95. The van der Waals surface area contributed by atoms with Crippen LogP contribution in [0.1, 0.15) is 86.1 Å². The summed E-state index contributed by atoms with van der Waals surface area (Å²) in [5, 5.41) is 42.6. The molecule has 2 fully saturated rings. The van der Waals surface area contributed by atoms with Crippen LogP contribution in [-0.4, -0.2) is 104 Å². The highest BCUT2D eigenvalue weighted by atomic mass is 16.7. The quantitative estimate of drug-likeness (QED) is 0.111. The number of methoxy groups -OCH3 is 1. The standard InChI is InChI=1S/C43H73N5O5/c1-26(2)22-47(23-27(3)4)25-37-38(30(7)49)39(42(51)45-21-28(5)36-17-29(6)43(36,8)9)48(53-37)24-31-15-14-16-35(40(31)52-13)32-18-33(41(50)44-10)20-34(19-32)46(11)12/h14-16,18-20,26-30,36-39,41-42,44-45,49-51H,17,21-25H2,1-13H3/t28-,29+,30+,36+,37+,38-,39+,41?,42?/m1/s1. The second kappa shape index (κ2) is 18.6. The predicted molar refractivity (Wildman–Crippen MR) is 216 cm³/mol. The molecule has 0 spiro atoms. The molecule has 1 aliphatic carbocycles. The molecule has 0 bridgehead atoms. The van der Waals surface area contributed by atoms with Gasteiger partial charge in [-0.3, -0.25) is 15.5 Å². The molecule has 2 unspecified atom stereocenters. The number of hydroxylamine groups is 2. The third kappa shape index (κ3) is 10.3. The van der Waals surface area contributed by atoms with Gasteiger partial charge in [0.25, 0.3) is 0 Å². The van der Waals surface area contributed by atoms with Crippen molar-refractivity contribution in [3.63, 3.8) is 0 Å². The van der Waals surface area contributed by atoms with Gasteiger partial charge in [0.1, 0.15) is 18.2 Å². The fourth-order valence-electron chi connectivity index (χ4n) is 8.95. The van der Waals surface area contributed by atoms with E-state index in [-0.39, 0.29) is 17.4 Å². The van der Waals surface area contributed by atoms with Crippen LogP contribution in [0.2, 0.25) is 0 Å². The number of aliphatic hydroxyl groups is 3. The van der Waals surface area contributed by atoms with Crippen LogP contribution in [0.25, 0.3) is 11.1 Å². The number of aliphatic hydroxyl groups excluding tert-OH is 3. The molecule has 10 nitrogen and oxygen atoms in total. The van der Waals surface area contributed by atoms with E-state index < -0.39 is 24.6 Å². The van der Waals surface area contributed by atoms with Crippen LogP contribution in [0.3, 0.4) is 0 Å². The molecule has 2 aromatic carbocycles. The molecule has 0 amide bonds. The molecule has 0 radical (unpaired) electrons. The largest absolute Gasteiger partial charge is 0.496 e. The lowest BCUT2D eigenvalue weighted by Gasteiger charge is -2.54. The number of hydrogen-bond acceptors (Lipinski definition) is 10. The Morgan fingerprint density at radius 3 is 2.19 bits per heavy atom. The van der Waals surface area contributed by atoms with Crippen LogP contribution in [-0.2, 0) is 11.4 Å². The normalized spacial score (nSPS) is 25.5. The average Bonchev–Trinajstić information content (AvgIpc) is 3.45. The van der Waals surface area contributed by atoms with E-state index in [1.165, 1.54) is 6.42 Å². The molecule has 1 saturated carbocycles. The molecule has 53 heavy (non-hydrogen) atoms. The van der Waals surface area contributed by atoms with Crippen LogP contribution >= 0.6 is 0 Å². The van der Waals surface area contributed by atoms with Crippen molar-refractivity contribution in [2.75, 3.05) is 59.3 Å². The first kappa shape index (κ1) is 43.4. The maximum Gasteiger partial charge on any atom is 0.131 e. The summed E-state index contributed by atoms with van der Waals surface area (Å²) in [7, 11) is 7.39. The maximum atomic E-state index is 12.1. The zero-order valence-corrected chi connectivity index (χ0v) is 35.1. The van der Waals surface area contributed by atoms with Crippen LogP contribution < -0.4 is 20.3 Å². The Labute approximate surface area is 321 Å². The zero-order chi connectivity index (χ0) is 39.4. The lowest BCUT2D eigenvalue weighted by atomic mass is 9.52. The Bertz CT molecular complexity index is 1440. The summed E-state index contributed by atoms with van der Waals surface area (Å²) in [4.78, 5) is 11.4. The summed E-state index contributed by atoms with van der Waals surface area (Å²) in [6.07, 6.45) is -1.59. The lowest BCUT2D eigenvalue weighted by Crippen LogP contribution is -2.55. The third-order valence-electron chi connectivity index (χ3n) is 12.1. The van der Waals surface area contributed by atoms with Gasteiger partial charge in [0.05, 0.1) is 31.9 Å². The summed E-state index contributed by atoms with van der Waals surface area (Å²) >= 11 is 0. The summed E-state index contributed by atoms with van der Waals surface area (Å²) in [6, 6.07) is 11.6. The molecule has 300 valence electrons. The predicted octanol–water partition coefficient (Wildman–Crippen LogP) is 5.96. The van der Waals surface area contributed by atoms with E-state index in [9.17, 15) is 15.3 Å². The Morgan fingerprint density at radius 2 is 1.66 bits per heavy atom. The molecule has 5 N–H and O–H groups in total. The van der Waals surface area contributed by atoms with E-state index in [0.29, 0.717) is 55.0 Å². The number of rotatable bonds is 19. The molecule has 0 aromatic heterocycles. The minimum atomic E-state index is -0.928. The monoisotopic (exact) mass is 740 g/mol. The number of nitrogens with zero attached hydrogens (tertiary/aromatic N) is 3. The Kier molecular flexibility index (Phi) is 15.2. The Hall–Kier alpha value is -2.28. The van der Waals surface area contributed by atoms with Gasteiger partial charge < -0.3 is 29.9 Å². The Balaban J connectivity index is 1.71. The minimum Gasteiger partial charge on any atom is -0.496 e. The van der Waals surface area contributed by atoms with Crippen molar-refractivity contribution < 1.29 is 24.9 Å². The van der Waals surface area contributed by atoms with Crippen molar-refractivity contribution >= 4 is 5.69 Å². The number of ether oxygens (including phenoxy) is 1. The van der Waals surface area contributed by atoms with E-state index in [2.05, 4.69) is 77.0 Å². The van der Waals surface area contributed by atoms with Gasteiger partial charge in [0.2, 0.25) is 0 Å². The Morgan fingerprint density at radius 1 is 1.00 bits per heavy atom. The summed E-state index contributed by atoms with van der Waals surface area (Å²) in [5.41, 5.74) is 4.69. The highest BCUT2D eigenvalue weighted by molar-refractivity contribution is 5.76. The maximum absolute atomic E-state index is 12.1. The SMILES string of the molecule is CNC(O)c1cc(-c2cccc(CN3O[C@@H](CN(CC(C)C)CC(C)C)[C@@H]([C@H](C)O)[C@H]3C(O)NC[C@@H](C)[C@@H]3C[C@H](C)C3(C)C)c2OC)cc(N(C)C)c1. The minimum absolute atomic E-state index is 0.275. The molecule has 9 atom stereocenters. The van der Waals surface area contributed by atoms with E-state index in [1.54, 1.807) is 14.2 Å². The topological polar surface area (TPSA) is 113 Å². The second-order valence-electron chi connectivity index (χ2n) is 17.8. The van der Waals surface area contributed by atoms with Gasteiger partial charge in [-0.2, -0.15) is 5.06 Å². The van der Waals surface area contributed by atoms with Crippen LogP contribution in [0.15, 0.2) is 36.4 Å². The molecule has 2 aliphatic rings. The summed E-state index contributed by atoms with van der Waals surface area (Å²) in [5.74, 6) is 2.98. The molecule has 1 saturated heterocycles. The van der Waals surface area contributed by atoms with E-state index in [1.807, 2.05) is 61.3 Å². The van der Waals surface area contributed by atoms with Gasteiger partial charge in [0.15, 0.2) is 0 Å². The van der Waals surface area contributed by atoms with Crippen molar-refractivity contribution in [2.24, 2.45) is 40.9 Å². The highest BCUT2D eigenvalue weighted by Crippen LogP contribution is 2.54. The van der Waals surface area contributed by atoms with Crippen molar-refractivity contribution in [1.82, 2.24) is 20.6 Å². The van der Waals surface area contributed by atoms with E-state index in [0.717, 1.165) is 41.0 Å². The smallest absolute Gasteiger partial charge is 0.131 e. The molecule has 1 heterocycles. The van der Waals surface area contributed by atoms with Gasteiger partial charge in [-0.15, -0.1) is 0 Å². The number of anilines is 1. The molecular formula is C43H73N5O5. The van der Waals surface area contributed by atoms with Crippen LogP contribution in [0.4, 0.5) is 5.69 Å². The van der Waals surface area contributed by atoms with Crippen molar-refractivity contribution in [2.45, 2.75) is 106 Å². The van der Waals surface area contributed by atoms with Gasteiger partial charge in [-0.1, -0.05) is 73.6 Å². The van der Waals surface area contributed by atoms with Gasteiger partial charge in [-0.25, -0.2) is 0 Å². The second-order valence-corrected chi connectivity index (χ2v) is 17.8. The van der Waals surface area contributed by atoms with Gasteiger partial charge in [-0.05, 0) is 84.7 Å². The first-order valence-electron chi connectivity index (χ1n) is 20.0. The van der Waals surface area contributed by atoms with E-state index >= 15 is 0 Å². The molecule has 4 rings (SSSR count). The van der Waals surface area contributed by atoms with Crippen LogP contribution in [0.5, 0.6) is 5.75 Å². The van der Waals surface area contributed by atoms with Crippen molar-refractivity contribution in [1.29, 1.82) is 0 Å². The van der Waals surface area contributed by atoms with Crippen molar-refractivity contribution in [3.8, 4) is 16.9 Å². The van der Waals surface area contributed by atoms with Crippen LogP contribution in [0, 0.1) is 40.9 Å². The number of hydrogen-bond donors (Lipinski definition) is 5. The van der Waals surface area contributed by atoms with E-state index in [4.69, 9.17) is 9.57 Å². The number of benzene rings is 2. The molecule has 10 heteroatoms. The van der Waals surface area contributed by atoms with Crippen molar-refractivity contribution in [3.05, 3.63) is 47.5 Å². The molecule has 2 aromatic rings. The lowest BCUT2D eigenvalue weighted by molar-refractivity contribution is -0.189. The summed E-state index contributed by atoms with van der Waals surface area (Å²) < 4.78 is 6.16. The third-order valence-corrected chi connectivity index (χ3v) is 12.1. The average molecular weight is 740 g/mol. The van der Waals surface area contributed by atoms with Gasteiger partial charge >= 0.3 is 0 Å². The zero-order valence-electron chi connectivity index (χ0n) is 35.1. The highest BCUT2D eigenvalue weighted by Gasteiger charge is 2.51. The summed E-state index contributed by atoms with van der Waals surface area (Å²) in [6.45, 7) is 23.6. The first-order valence-corrected chi connectivity index (χ1v) is 20.0. The van der Waals surface area contributed by atoms with Gasteiger partial charge in [0, 0.05) is 63.0 Å².